The summed E-state index contributed by atoms with van der Waals surface area (Å²) in [5.41, 5.74) is 6.73. The van der Waals surface area contributed by atoms with Crippen molar-refractivity contribution in [3.05, 3.63) is 100 Å². The van der Waals surface area contributed by atoms with E-state index >= 15 is 0 Å². The number of esters is 1. The topological polar surface area (TPSA) is 72.5 Å². The number of fused-ring (bicyclic) bond motifs is 1. The van der Waals surface area contributed by atoms with Gasteiger partial charge in [0.2, 0.25) is 0 Å². The Kier molecular flexibility index (Phi) is 8.49. The molecule has 0 bridgehead atoms. The molecule has 8 heteroatoms. The summed E-state index contributed by atoms with van der Waals surface area (Å²) in [6.07, 6.45) is 5.91. The highest BCUT2D eigenvalue weighted by atomic mass is 19.1. The van der Waals surface area contributed by atoms with Crippen molar-refractivity contribution >= 4 is 11.5 Å². The van der Waals surface area contributed by atoms with Gasteiger partial charge in [-0.05, 0) is 70.5 Å². The van der Waals surface area contributed by atoms with Gasteiger partial charge in [-0.25, -0.2) is 4.39 Å². The van der Waals surface area contributed by atoms with E-state index in [1.807, 2.05) is 30.3 Å². The monoisotopic (exact) mass is 548 g/mol. The predicted molar refractivity (Wildman–Crippen MR) is 147 cm³/mol. The van der Waals surface area contributed by atoms with Gasteiger partial charge in [0.15, 0.2) is 0 Å². The molecule has 2 aliphatic carbocycles. The first kappa shape index (κ1) is 27.8. The molecule has 210 valence electrons. The lowest BCUT2D eigenvalue weighted by atomic mass is 9.74. The van der Waals surface area contributed by atoms with E-state index in [-0.39, 0.29) is 18.5 Å². The first-order valence-corrected chi connectivity index (χ1v) is 13.1. The Morgan fingerprint density at radius 1 is 1.05 bits per heavy atom. The van der Waals surface area contributed by atoms with Gasteiger partial charge < -0.3 is 28.4 Å². The molecule has 5 rings (SSSR count). The molecule has 2 aromatic carbocycles. The smallest absolute Gasteiger partial charge is 0.313 e. The van der Waals surface area contributed by atoms with Gasteiger partial charge in [-0.3, -0.25) is 4.79 Å². The average molecular weight is 549 g/mol. The van der Waals surface area contributed by atoms with Crippen LogP contribution in [0.2, 0.25) is 0 Å². The van der Waals surface area contributed by atoms with Gasteiger partial charge in [-0.15, -0.1) is 0 Å². The van der Waals surface area contributed by atoms with Crippen molar-refractivity contribution in [2.24, 2.45) is 5.92 Å². The van der Waals surface area contributed by atoms with E-state index in [1.54, 1.807) is 40.8 Å². The number of ether oxygens (including phenoxy) is 6. The summed E-state index contributed by atoms with van der Waals surface area (Å²) in [6.45, 7) is 0.585. The molecule has 1 fully saturated rings. The summed E-state index contributed by atoms with van der Waals surface area (Å²) in [5.74, 6) is 0.148. The van der Waals surface area contributed by atoms with Crippen LogP contribution in [-0.2, 0) is 23.7 Å². The third kappa shape index (κ3) is 5.61. The molecule has 1 saturated heterocycles. The molecular formula is C32H33FO7. The van der Waals surface area contributed by atoms with Crippen LogP contribution >= 0.6 is 0 Å². The zero-order valence-corrected chi connectivity index (χ0v) is 23.1. The number of carbonyl (C=O) groups excluding carboxylic acids is 1. The second-order valence-corrected chi connectivity index (χ2v) is 9.94. The van der Waals surface area contributed by atoms with Crippen LogP contribution in [0.15, 0.2) is 83.2 Å². The van der Waals surface area contributed by atoms with Crippen LogP contribution in [0.3, 0.4) is 0 Å². The Balaban J connectivity index is 1.40. The molecule has 2 aromatic rings. The van der Waals surface area contributed by atoms with Gasteiger partial charge in [-0.1, -0.05) is 29.9 Å². The van der Waals surface area contributed by atoms with E-state index < -0.39 is 18.0 Å². The van der Waals surface area contributed by atoms with Crippen LogP contribution in [0.4, 0.5) is 4.39 Å². The van der Waals surface area contributed by atoms with Crippen LogP contribution in [0, 0.1) is 11.7 Å². The van der Waals surface area contributed by atoms with Crippen molar-refractivity contribution in [2.45, 2.75) is 25.0 Å². The summed E-state index contributed by atoms with van der Waals surface area (Å²) in [6, 6.07) is 12.3. The molecule has 7 nitrogen and oxygen atoms in total. The second kappa shape index (κ2) is 12.2. The fraction of sp³-hybridized carbons (Fsp3) is 0.344. The van der Waals surface area contributed by atoms with Crippen molar-refractivity contribution in [2.75, 3.05) is 41.7 Å². The molecule has 1 unspecified atom stereocenters. The van der Waals surface area contributed by atoms with Crippen LogP contribution in [0.5, 0.6) is 11.5 Å². The summed E-state index contributed by atoms with van der Waals surface area (Å²) >= 11 is 0. The number of hydrogen-bond acceptors (Lipinski definition) is 7. The standard InChI is InChI=1S/C32H33FO7/c1-35-18-29(37-3)31(38-4)22-11-23(33)15-25(13-22)39-16-19-8-9-26-21(10-19)14-27-28(17-40-32(27)34)30(26)20-6-5-7-24(12-20)36-2/h5-9,11-13,15-16,27,29,31H,10,14,17-18H2,1-4H3/t27?,29-,31+/m1/s1. The lowest BCUT2D eigenvalue weighted by Gasteiger charge is -2.28. The van der Waals surface area contributed by atoms with E-state index in [0.29, 0.717) is 30.8 Å². The average Bonchev–Trinajstić information content (AvgIpc) is 3.34. The SMILES string of the molecule is COC[C@@H](OC)[C@@H](OC)c1cc(F)cc(OC=C2C=CC3=C(C2)CC2C(=O)OCC2=C3c2cccc(OC)c2)c1. The number of benzene rings is 2. The van der Waals surface area contributed by atoms with Crippen molar-refractivity contribution in [1.82, 2.24) is 0 Å². The number of methoxy groups -OCH3 is 4. The molecule has 0 amide bonds. The minimum absolute atomic E-state index is 0.193. The van der Waals surface area contributed by atoms with E-state index in [4.69, 9.17) is 28.4 Å². The predicted octanol–water partition coefficient (Wildman–Crippen LogP) is 5.73. The number of cyclic esters (lactones) is 1. The first-order valence-electron chi connectivity index (χ1n) is 13.1. The zero-order chi connectivity index (χ0) is 28.2. The van der Waals surface area contributed by atoms with Gasteiger partial charge in [-0.2, -0.15) is 0 Å². The van der Waals surface area contributed by atoms with E-state index in [2.05, 4.69) is 6.08 Å². The van der Waals surface area contributed by atoms with E-state index in [9.17, 15) is 9.18 Å². The third-order valence-corrected chi connectivity index (χ3v) is 7.53. The highest BCUT2D eigenvalue weighted by Gasteiger charge is 2.40. The number of carbonyl (C=O) groups is 1. The number of halogens is 1. The van der Waals surface area contributed by atoms with Gasteiger partial charge in [0.05, 0.1) is 25.9 Å². The summed E-state index contributed by atoms with van der Waals surface area (Å²) in [7, 11) is 6.31. The number of hydrogen-bond donors (Lipinski definition) is 0. The Morgan fingerprint density at radius 2 is 1.90 bits per heavy atom. The Hall–Kier alpha value is -3.72. The Bertz CT molecular complexity index is 1400. The maximum absolute atomic E-state index is 14.6. The maximum Gasteiger partial charge on any atom is 0.313 e. The van der Waals surface area contributed by atoms with Crippen LogP contribution in [0.25, 0.3) is 5.57 Å². The first-order chi connectivity index (χ1) is 19.4. The molecule has 0 saturated carbocycles. The molecule has 3 aliphatic rings. The fourth-order valence-corrected chi connectivity index (χ4v) is 5.62. The molecule has 1 aliphatic heterocycles. The highest BCUT2D eigenvalue weighted by molar-refractivity contribution is 5.94. The van der Waals surface area contributed by atoms with Crippen molar-refractivity contribution in [3.63, 3.8) is 0 Å². The zero-order valence-electron chi connectivity index (χ0n) is 23.1. The van der Waals surface area contributed by atoms with Crippen LogP contribution < -0.4 is 9.47 Å². The summed E-state index contributed by atoms with van der Waals surface area (Å²) in [4.78, 5) is 12.6. The van der Waals surface area contributed by atoms with E-state index in [0.717, 1.165) is 39.2 Å². The van der Waals surface area contributed by atoms with Gasteiger partial charge in [0.1, 0.15) is 36.1 Å². The highest BCUT2D eigenvalue weighted by Crippen LogP contribution is 2.47. The molecular weight excluding hydrogens is 515 g/mol. The molecule has 40 heavy (non-hydrogen) atoms. The van der Waals surface area contributed by atoms with Crippen molar-refractivity contribution in [1.29, 1.82) is 0 Å². The van der Waals surface area contributed by atoms with Crippen LogP contribution in [-0.4, -0.2) is 53.7 Å². The number of allylic oxidation sites excluding steroid dienone is 6. The minimum Gasteiger partial charge on any atom is -0.497 e. The quantitative estimate of drug-likeness (QED) is 0.277. The normalized spacial score (nSPS) is 20.8. The summed E-state index contributed by atoms with van der Waals surface area (Å²) < 4.78 is 47.7. The lowest BCUT2D eigenvalue weighted by molar-refractivity contribution is -0.141. The number of rotatable bonds is 10. The van der Waals surface area contributed by atoms with E-state index in [1.165, 1.54) is 12.1 Å². The molecule has 0 radical (unpaired) electrons. The largest absolute Gasteiger partial charge is 0.497 e. The summed E-state index contributed by atoms with van der Waals surface area (Å²) in [5, 5.41) is 0. The second-order valence-electron chi connectivity index (χ2n) is 9.94. The third-order valence-electron chi connectivity index (χ3n) is 7.53. The molecule has 0 spiro atoms. The van der Waals surface area contributed by atoms with Crippen molar-refractivity contribution < 1.29 is 37.6 Å². The minimum atomic E-state index is -0.539. The van der Waals surface area contributed by atoms with Crippen molar-refractivity contribution in [3.8, 4) is 11.5 Å². The molecule has 3 atom stereocenters. The molecule has 0 aromatic heterocycles. The fourth-order valence-electron chi connectivity index (χ4n) is 5.62. The molecule has 1 heterocycles. The Labute approximate surface area is 233 Å². The van der Waals surface area contributed by atoms with Gasteiger partial charge >= 0.3 is 5.97 Å². The Morgan fingerprint density at radius 3 is 2.65 bits per heavy atom. The van der Waals surface area contributed by atoms with Gasteiger partial charge in [0, 0.05) is 27.4 Å². The molecule has 0 N–H and O–H groups in total. The lowest BCUT2D eigenvalue weighted by Crippen LogP contribution is -2.27. The van der Waals surface area contributed by atoms with Crippen LogP contribution in [0.1, 0.15) is 30.1 Å². The maximum atomic E-state index is 14.6. The van der Waals surface area contributed by atoms with Gasteiger partial charge in [0.25, 0.3) is 0 Å².